The molecule has 5 atom stereocenters. The molecule has 0 aromatic heterocycles. The molecule has 0 saturated carbocycles. The molecule has 1 aliphatic rings. The van der Waals surface area contributed by atoms with Gasteiger partial charge in [-0.25, -0.2) is 0 Å². The molecule has 0 radical (unpaired) electrons. The van der Waals surface area contributed by atoms with E-state index in [2.05, 4.69) is 0 Å². The Morgan fingerprint density at radius 3 is 1.62 bits per heavy atom. The van der Waals surface area contributed by atoms with Crippen molar-refractivity contribution in [2.45, 2.75) is 98.9 Å². The summed E-state index contributed by atoms with van der Waals surface area (Å²) >= 11 is 0. The fourth-order valence-corrected chi connectivity index (χ4v) is 3.99. The molecule has 2 rings (SSSR count). The van der Waals surface area contributed by atoms with E-state index < -0.39 is 47.0 Å². The second kappa shape index (κ2) is 10.4. The van der Waals surface area contributed by atoms with Crippen LogP contribution in [0.2, 0.25) is 0 Å². The first-order chi connectivity index (χ1) is 15.5. The first-order valence-electron chi connectivity index (χ1n) is 11.9. The van der Waals surface area contributed by atoms with E-state index in [4.69, 9.17) is 14.2 Å². The minimum absolute atomic E-state index is 0.105. The van der Waals surface area contributed by atoms with Gasteiger partial charge in [0.25, 0.3) is 0 Å². The molecule has 7 heteroatoms. The fraction of sp³-hybridized carbons (Fsp3) is 0.704. The van der Waals surface area contributed by atoms with E-state index in [9.17, 15) is 19.8 Å². The van der Waals surface area contributed by atoms with Crippen LogP contribution in [-0.2, 0) is 19.1 Å². The third-order valence-electron chi connectivity index (χ3n) is 7.98. The highest BCUT2D eigenvalue weighted by Gasteiger charge is 2.50. The number of hydrogen-bond donors (Lipinski definition) is 2. The minimum Gasteiger partial charge on any atom is -0.497 e. The number of carbonyl (C=O) groups is 2. The van der Waals surface area contributed by atoms with Crippen LogP contribution in [0.1, 0.15) is 80.1 Å². The summed E-state index contributed by atoms with van der Waals surface area (Å²) in [5.74, 6) is 0.490. The lowest BCUT2D eigenvalue weighted by molar-refractivity contribution is -0.308. The Bertz CT molecular complexity index is 810. The lowest BCUT2D eigenvalue weighted by Crippen LogP contribution is -2.54. The predicted octanol–water partition coefficient (Wildman–Crippen LogP) is 4.24. The van der Waals surface area contributed by atoms with Crippen LogP contribution in [0.3, 0.4) is 0 Å². The highest BCUT2D eigenvalue weighted by Crippen LogP contribution is 2.46. The van der Waals surface area contributed by atoms with E-state index in [1.807, 2.05) is 38.1 Å². The second-order valence-electron chi connectivity index (χ2n) is 11.2. The number of ketones is 2. The summed E-state index contributed by atoms with van der Waals surface area (Å²) in [7, 11) is 1.59. The topological polar surface area (TPSA) is 102 Å². The van der Waals surface area contributed by atoms with Crippen LogP contribution in [0.4, 0.5) is 0 Å². The van der Waals surface area contributed by atoms with Crippen LogP contribution < -0.4 is 4.74 Å². The maximum atomic E-state index is 12.1. The first-order valence-corrected chi connectivity index (χ1v) is 11.9. The normalized spacial score (nSPS) is 24.9. The van der Waals surface area contributed by atoms with Crippen LogP contribution >= 0.6 is 0 Å². The van der Waals surface area contributed by atoms with Crippen LogP contribution in [0.5, 0.6) is 5.75 Å². The van der Waals surface area contributed by atoms with Gasteiger partial charge >= 0.3 is 0 Å². The lowest BCUT2D eigenvalue weighted by atomic mass is 9.70. The highest BCUT2D eigenvalue weighted by atomic mass is 16.7. The summed E-state index contributed by atoms with van der Waals surface area (Å²) in [5.41, 5.74) is -1.71. The molecule has 2 N–H and O–H groups in total. The smallest absolute Gasteiger partial charge is 0.184 e. The summed E-state index contributed by atoms with van der Waals surface area (Å²) in [6, 6.07) is 7.32. The molecule has 0 amide bonds. The minimum atomic E-state index is -0.932. The molecule has 1 fully saturated rings. The van der Waals surface area contributed by atoms with Crippen LogP contribution in [0, 0.1) is 16.2 Å². The Morgan fingerprint density at radius 2 is 1.29 bits per heavy atom. The van der Waals surface area contributed by atoms with Gasteiger partial charge in [0.05, 0.1) is 31.5 Å². The quantitative estimate of drug-likeness (QED) is 0.519. The molecule has 1 aromatic rings. The van der Waals surface area contributed by atoms with Crippen molar-refractivity contribution in [3.63, 3.8) is 0 Å². The van der Waals surface area contributed by atoms with Gasteiger partial charge in [-0.3, -0.25) is 9.59 Å². The molecule has 1 saturated heterocycles. The zero-order valence-corrected chi connectivity index (χ0v) is 22.0. The van der Waals surface area contributed by atoms with E-state index in [1.165, 1.54) is 13.8 Å². The lowest BCUT2D eigenvalue weighted by Gasteiger charge is -2.50. The van der Waals surface area contributed by atoms with Gasteiger partial charge in [0.1, 0.15) is 17.3 Å². The largest absolute Gasteiger partial charge is 0.497 e. The van der Waals surface area contributed by atoms with Gasteiger partial charge in [0.15, 0.2) is 6.29 Å². The molecule has 34 heavy (non-hydrogen) atoms. The number of benzene rings is 1. The van der Waals surface area contributed by atoms with Crippen molar-refractivity contribution >= 4 is 11.6 Å². The molecule has 1 unspecified atom stereocenters. The van der Waals surface area contributed by atoms with E-state index in [0.717, 1.165) is 5.56 Å². The van der Waals surface area contributed by atoms with Crippen molar-refractivity contribution in [2.75, 3.05) is 7.11 Å². The van der Waals surface area contributed by atoms with Gasteiger partial charge in [0.2, 0.25) is 0 Å². The number of hydrogen-bond acceptors (Lipinski definition) is 7. The second-order valence-corrected chi connectivity index (χ2v) is 11.2. The zero-order chi connectivity index (χ0) is 26.1. The van der Waals surface area contributed by atoms with Crippen molar-refractivity contribution in [1.29, 1.82) is 0 Å². The Balaban J connectivity index is 2.40. The zero-order valence-electron chi connectivity index (χ0n) is 22.0. The van der Waals surface area contributed by atoms with Crippen molar-refractivity contribution in [3.8, 4) is 5.75 Å². The molecule has 0 aliphatic carbocycles. The van der Waals surface area contributed by atoms with Crippen LogP contribution in [0.15, 0.2) is 24.3 Å². The summed E-state index contributed by atoms with van der Waals surface area (Å²) in [6.07, 6.45) is -3.10. The molecule has 192 valence electrons. The summed E-state index contributed by atoms with van der Waals surface area (Å²) in [6.45, 7) is 13.8. The van der Waals surface area contributed by atoms with Gasteiger partial charge in [-0.05, 0) is 26.0 Å². The molecule has 1 heterocycles. The van der Waals surface area contributed by atoms with Gasteiger partial charge in [0, 0.05) is 34.7 Å². The molecule has 1 aliphatic heterocycles. The summed E-state index contributed by atoms with van der Waals surface area (Å²) in [5, 5.41) is 21.9. The van der Waals surface area contributed by atoms with Gasteiger partial charge in [-0.2, -0.15) is 0 Å². The van der Waals surface area contributed by atoms with Crippen LogP contribution in [-0.4, -0.2) is 53.3 Å². The maximum Gasteiger partial charge on any atom is 0.184 e. The number of aliphatic hydroxyl groups excluding tert-OH is 2. The summed E-state index contributed by atoms with van der Waals surface area (Å²) in [4.78, 5) is 24.3. The molecule has 1 aromatic carbocycles. The number of Topliss-reactive ketones (excluding diaryl/α,β-unsaturated/α-hetero) is 2. The predicted molar refractivity (Wildman–Crippen MR) is 129 cm³/mol. The third-order valence-corrected chi connectivity index (χ3v) is 7.98. The first kappa shape index (κ1) is 28.4. The van der Waals surface area contributed by atoms with E-state index in [-0.39, 0.29) is 24.4 Å². The fourth-order valence-electron chi connectivity index (χ4n) is 3.99. The molecular weight excluding hydrogens is 436 g/mol. The van der Waals surface area contributed by atoms with Crippen molar-refractivity contribution in [2.24, 2.45) is 16.2 Å². The Kier molecular flexibility index (Phi) is 8.73. The number of rotatable bonds is 10. The van der Waals surface area contributed by atoms with Gasteiger partial charge in [-0.1, -0.05) is 53.7 Å². The van der Waals surface area contributed by atoms with Crippen molar-refractivity contribution in [3.05, 3.63) is 29.8 Å². The van der Waals surface area contributed by atoms with E-state index in [1.54, 1.807) is 34.8 Å². The molecule has 0 bridgehead atoms. The molecular formula is C27H42O7. The Morgan fingerprint density at radius 1 is 0.912 bits per heavy atom. The Labute approximate surface area is 203 Å². The Hall–Kier alpha value is -1.80. The number of carbonyl (C=O) groups excluding carboxylic acids is 2. The standard InChI is InChI=1S/C27H42O7/c1-16(28)25(3,4)20(30)14-22-27(7,8)23(15-21(31)26(5,6)17(2)29)34-24(33-22)18-10-12-19(32-9)13-11-18/h10-13,20-24,30-31H,14-15H2,1-9H3/t20-,21-,22-,23+,24?/m1/s1. The van der Waals surface area contributed by atoms with Crippen molar-refractivity contribution in [1.82, 2.24) is 0 Å². The monoisotopic (exact) mass is 478 g/mol. The maximum absolute atomic E-state index is 12.1. The number of aliphatic hydroxyl groups is 2. The summed E-state index contributed by atoms with van der Waals surface area (Å²) < 4.78 is 18.0. The third kappa shape index (κ3) is 5.88. The van der Waals surface area contributed by atoms with Gasteiger partial charge < -0.3 is 24.4 Å². The SMILES string of the molecule is COc1ccc(C2O[C@@H](C[C@@H](O)C(C)(C)C(C)=O)C(C)(C)[C@@H](C[C@@H](O)C(C)(C)C(C)=O)O2)cc1. The molecule has 0 spiro atoms. The highest BCUT2D eigenvalue weighted by molar-refractivity contribution is 5.82. The van der Waals surface area contributed by atoms with Crippen molar-refractivity contribution < 1.29 is 34.0 Å². The number of ether oxygens (including phenoxy) is 3. The average molecular weight is 479 g/mol. The van der Waals surface area contributed by atoms with E-state index in [0.29, 0.717) is 5.75 Å². The molecule has 7 nitrogen and oxygen atoms in total. The average Bonchev–Trinajstić information content (AvgIpc) is 2.75. The number of methoxy groups -OCH3 is 1. The van der Waals surface area contributed by atoms with E-state index >= 15 is 0 Å². The van der Waals surface area contributed by atoms with Gasteiger partial charge in [-0.15, -0.1) is 0 Å². The van der Waals surface area contributed by atoms with Crippen LogP contribution in [0.25, 0.3) is 0 Å².